The van der Waals surface area contributed by atoms with Gasteiger partial charge in [-0.1, -0.05) is 17.5 Å². The summed E-state index contributed by atoms with van der Waals surface area (Å²) in [5, 5.41) is 2.68. The van der Waals surface area contributed by atoms with E-state index < -0.39 is 6.10 Å². The van der Waals surface area contributed by atoms with E-state index in [1.54, 1.807) is 6.92 Å². The molecule has 0 aromatic heterocycles. The van der Waals surface area contributed by atoms with Crippen LogP contribution >= 0.6 is 11.6 Å². The van der Waals surface area contributed by atoms with Crippen molar-refractivity contribution in [2.75, 3.05) is 13.7 Å². The van der Waals surface area contributed by atoms with Crippen molar-refractivity contribution in [3.8, 4) is 23.8 Å². The van der Waals surface area contributed by atoms with Crippen LogP contribution in [0.1, 0.15) is 17.3 Å². The molecule has 0 aliphatic carbocycles. The van der Waals surface area contributed by atoms with E-state index in [4.69, 9.17) is 27.5 Å². The second-order valence-corrected chi connectivity index (χ2v) is 4.24. The Balaban J connectivity index is 2.94. The highest BCUT2D eigenvalue weighted by molar-refractivity contribution is 6.32. The highest BCUT2D eigenvalue weighted by Crippen LogP contribution is 2.36. The summed E-state index contributed by atoms with van der Waals surface area (Å²) < 4.78 is 10.6. The second kappa shape index (κ2) is 7.41. The van der Waals surface area contributed by atoms with E-state index in [9.17, 15) is 9.59 Å². The third-order valence-corrected chi connectivity index (χ3v) is 2.70. The number of rotatable bonds is 6. The topological polar surface area (TPSA) is 64.6 Å². The van der Waals surface area contributed by atoms with Crippen LogP contribution in [-0.4, -0.2) is 32.0 Å². The number of halogens is 1. The summed E-state index contributed by atoms with van der Waals surface area (Å²) in [6.45, 7) is 1.66. The number of methoxy groups -OCH3 is 1. The van der Waals surface area contributed by atoms with Gasteiger partial charge in [-0.05, 0) is 19.1 Å². The first-order valence-electron chi connectivity index (χ1n) is 5.74. The molecule has 1 rings (SSSR count). The predicted octanol–water partition coefficient (Wildman–Crippen LogP) is 1.68. The number of aldehydes is 1. The zero-order valence-electron chi connectivity index (χ0n) is 11.1. The number of terminal acetylenes is 1. The number of ether oxygens (including phenoxy) is 2. The van der Waals surface area contributed by atoms with Gasteiger partial charge in [0.15, 0.2) is 17.6 Å². The van der Waals surface area contributed by atoms with Crippen molar-refractivity contribution in [2.45, 2.75) is 13.0 Å². The quantitative estimate of drug-likeness (QED) is 0.640. The lowest BCUT2D eigenvalue weighted by molar-refractivity contribution is -0.127. The van der Waals surface area contributed by atoms with E-state index in [2.05, 4.69) is 11.2 Å². The molecule has 6 heteroatoms. The molecule has 20 heavy (non-hydrogen) atoms. The minimum absolute atomic E-state index is 0.113. The number of hydrogen-bond acceptors (Lipinski definition) is 4. The van der Waals surface area contributed by atoms with Gasteiger partial charge in [0, 0.05) is 5.56 Å². The maximum Gasteiger partial charge on any atom is 0.261 e. The predicted molar refractivity (Wildman–Crippen MR) is 75.3 cm³/mol. The molecule has 0 aliphatic rings. The summed E-state index contributed by atoms with van der Waals surface area (Å²) in [5.74, 6) is 2.39. The Morgan fingerprint density at radius 3 is 2.85 bits per heavy atom. The van der Waals surface area contributed by atoms with Gasteiger partial charge in [0.25, 0.3) is 5.91 Å². The summed E-state index contributed by atoms with van der Waals surface area (Å²) >= 11 is 6.02. The van der Waals surface area contributed by atoms with Crippen LogP contribution in [0.5, 0.6) is 11.5 Å². The van der Waals surface area contributed by atoms with Crippen molar-refractivity contribution in [3.63, 3.8) is 0 Å². The minimum Gasteiger partial charge on any atom is -0.493 e. The molecule has 0 spiro atoms. The monoisotopic (exact) mass is 295 g/mol. The largest absolute Gasteiger partial charge is 0.493 e. The Bertz CT molecular complexity index is 551. The first kappa shape index (κ1) is 15.9. The number of amides is 1. The van der Waals surface area contributed by atoms with Crippen LogP contribution in [0.3, 0.4) is 0 Å². The van der Waals surface area contributed by atoms with Crippen molar-refractivity contribution in [1.82, 2.24) is 5.32 Å². The first-order valence-corrected chi connectivity index (χ1v) is 6.11. The molecule has 1 unspecified atom stereocenters. The maximum atomic E-state index is 11.7. The molecule has 5 nitrogen and oxygen atoms in total. The smallest absolute Gasteiger partial charge is 0.261 e. The van der Waals surface area contributed by atoms with Gasteiger partial charge >= 0.3 is 0 Å². The lowest BCUT2D eigenvalue weighted by Gasteiger charge is -2.17. The number of benzene rings is 1. The molecule has 1 aromatic carbocycles. The van der Waals surface area contributed by atoms with Crippen molar-refractivity contribution < 1.29 is 19.1 Å². The molecular formula is C14H14ClNO4. The summed E-state index contributed by atoms with van der Waals surface area (Å²) in [5.41, 5.74) is 0.351. The lowest BCUT2D eigenvalue weighted by atomic mass is 10.2. The molecule has 0 bridgehead atoms. The fourth-order valence-electron chi connectivity index (χ4n) is 1.43. The van der Waals surface area contributed by atoms with Crippen LogP contribution in [0, 0.1) is 12.3 Å². The zero-order chi connectivity index (χ0) is 15.1. The van der Waals surface area contributed by atoms with Crippen LogP contribution in [0.15, 0.2) is 12.1 Å². The molecule has 1 atom stereocenters. The van der Waals surface area contributed by atoms with Gasteiger partial charge in [0.2, 0.25) is 0 Å². The first-order chi connectivity index (χ1) is 9.53. The molecule has 1 N–H and O–H groups in total. The number of carbonyl (C=O) groups excluding carboxylic acids is 2. The number of nitrogens with one attached hydrogen (secondary N) is 1. The van der Waals surface area contributed by atoms with Gasteiger partial charge in [0.1, 0.15) is 6.29 Å². The molecule has 1 aromatic rings. The minimum atomic E-state index is -0.808. The summed E-state index contributed by atoms with van der Waals surface area (Å²) in [4.78, 5) is 22.4. The van der Waals surface area contributed by atoms with Gasteiger partial charge in [-0.3, -0.25) is 9.59 Å². The molecule has 0 saturated carbocycles. The van der Waals surface area contributed by atoms with E-state index in [-0.39, 0.29) is 29.0 Å². The van der Waals surface area contributed by atoms with Gasteiger partial charge < -0.3 is 14.8 Å². The number of carbonyl (C=O) groups is 2. The van der Waals surface area contributed by atoms with Crippen LogP contribution in [-0.2, 0) is 4.79 Å². The van der Waals surface area contributed by atoms with Gasteiger partial charge in [0.05, 0.1) is 18.7 Å². The van der Waals surface area contributed by atoms with Crippen molar-refractivity contribution in [3.05, 3.63) is 22.7 Å². The summed E-state index contributed by atoms with van der Waals surface area (Å²) in [6.07, 6.45) is 4.88. The fourth-order valence-corrected chi connectivity index (χ4v) is 1.70. The van der Waals surface area contributed by atoms with Gasteiger partial charge in [-0.25, -0.2) is 0 Å². The van der Waals surface area contributed by atoms with Crippen molar-refractivity contribution >= 4 is 23.8 Å². The third-order valence-electron chi connectivity index (χ3n) is 2.42. The summed E-state index contributed by atoms with van der Waals surface area (Å²) in [7, 11) is 1.41. The van der Waals surface area contributed by atoms with E-state index >= 15 is 0 Å². The van der Waals surface area contributed by atoms with E-state index in [1.165, 1.54) is 19.2 Å². The Morgan fingerprint density at radius 2 is 2.30 bits per heavy atom. The molecule has 0 aliphatic heterocycles. The second-order valence-electron chi connectivity index (χ2n) is 3.83. The maximum absolute atomic E-state index is 11.7. The summed E-state index contributed by atoms with van der Waals surface area (Å²) in [6, 6.07) is 2.90. The Hall–Kier alpha value is -2.19. The van der Waals surface area contributed by atoms with Crippen LogP contribution in [0.4, 0.5) is 0 Å². The average molecular weight is 296 g/mol. The van der Waals surface area contributed by atoms with Crippen LogP contribution < -0.4 is 14.8 Å². The SMILES string of the molecule is C#CCNC(=O)C(C)Oc1c(Cl)cc(C=O)cc1OC. The molecule has 106 valence electrons. The van der Waals surface area contributed by atoms with Crippen LogP contribution in [0.2, 0.25) is 5.02 Å². The lowest BCUT2D eigenvalue weighted by Crippen LogP contribution is -2.36. The normalized spacial score (nSPS) is 11.1. The molecule has 1 amide bonds. The molecular weight excluding hydrogens is 282 g/mol. The van der Waals surface area contributed by atoms with Crippen LogP contribution in [0.25, 0.3) is 0 Å². The third kappa shape index (κ3) is 3.90. The van der Waals surface area contributed by atoms with Gasteiger partial charge in [-0.2, -0.15) is 0 Å². The zero-order valence-corrected chi connectivity index (χ0v) is 11.9. The van der Waals surface area contributed by atoms with Crippen molar-refractivity contribution in [2.24, 2.45) is 0 Å². The Labute approximate surface area is 122 Å². The highest BCUT2D eigenvalue weighted by Gasteiger charge is 2.19. The van der Waals surface area contributed by atoms with E-state index in [0.717, 1.165) is 0 Å². The molecule has 0 heterocycles. The van der Waals surface area contributed by atoms with E-state index in [1.807, 2.05) is 0 Å². The van der Waals surface area contributed by atoms with Gasteiger partial charge in [-0.15, -0.1) is 6.42 Å². The standard InChI is InChI=1S/C14H14ClNO4/c1-4-5-16-14(18)9(2)20-13-11(15)6-10(8-17)7-12(13)19-3/h1,6-9H,5H2,2-3H3,(H,16,18). The van der Waals surface area contributed by atoms with E-state index in [0.29, 0.717) is 11.8 Å². The van der Waals surface area contributed by atoms with Crippen molar-refractivity contribution in [1.29, 1.82) is 0 Å². The Morgan fingerprint density at radius 1 is 1.60 bits per heavy atom. The molecule has 0 radical (unpaired) electrons. The fraction of sp³-hybridized carbons (Fsp3) is 0.286. The average Bonchev–Trinajstić information content (AvgIpc) is 2.46. The molecule has 0 fully saturated rings. The number of hydrogen-bond donors (Lipinski definition) is 1. The molecule has 0 saturated heterocycles. The Kier molecular flexibility index (Phi) is 5.88. The highest BCUT2D eigenvalue weighted by atomic mass is 35.5.